The molecule has 2 N–H and O–H groups in total. The largest absolute Gasteiger partial charge is 0.391 e. The average Bonchev–Trinajstić information content (AvgIpc) is 2.96. The third-order valence-corrected chi connectivity index (χ3v) is 4.88. The van der Waals surface area contributed by atoms with Crippen LogP contribution >= 0.6 is 34.5 Å². The second kappa shape index (κ2) is 5.85. The summed E-state index contributed by atoms with van der Waals surface area (Å²) >= 11 is 12.9. The number of carbonyl (C=O) groups is 2. The molecule has 0 unspecified atom stereocenters. The van der Waals surface area contributed by atoms with Crippen molar-refractivity contribution in [1.29, 1.82) is 0 Å². The van der Waals surface area contributed by atoms with Crippen molar-refractivity contribution < 1.29 is 14.7 Å². The summed E-state index contributed by atoms with van der Waals surface area (Å²) < 4.78 is 0. The number of Topliss-reactive ketones (excluding diaryl/α,β-unsaturated/α-hetero) is 2. The van der Waals surface area contributed by atoms with Crippen LogP contribution in [0.4, 0.5) is 5.69 Å². The molecule has 0 bridgehead atoms. The van der Waals surface area contributed by atoms with Crippen molar-refractivity contribution >= 4 is 51.8 Å². The summed E-state index contributed by atoms with van der Waals surface area (Å²) in [5.41, 5.74) is 0.892. The molecule has 112 valence electrons. The summed E-state index contributed by atoms with van der Waals surface area (Å²) in [4.78, 5) is 25.6. The molecule has 7 heteroatoms. The van der Waals surface area contributed by atoms with E-state index in [1.54, 1.807) is 24.3 Å². The topological polar surface area (TPSA) is 66.4 Å². The highest BCUT2D eigenvalue weighted by Crippen LogP contribution is 2.34. The lowest BCUT2D eigenvalue weighted by Gasteiger charge is -2.16. The molecular weight excluding hydrogens is 345 g/mol. The van der Waals surface area contributed by atoms with Gasteiger partial charge in [-0.1, -0.05) is 23.2 Å². The molecule has 1 aromatic heterocycles. The summed E-state index contributed by atoms with van der Waals surface area (Å²) in [5, 5.41) is 12.4. The minimum Gasteiger partial charge on any atom is -0.391 e. The Morgan fingerprint density at radius 2 is 1.77 bits per heavy atom. The maximum atomic E-state index is 12.5. The van der Waals surface area contributed by atoms with Crippen LogP contribution in [-0.4, -0.2) is 16.7 Å². The van der Waals surface area contributed by atoms with Gasteiger partial charge >= 0.3 is 0 Å². The highest BCUT2D eigenvalue weighted by atomic mass is 35.5. The SMILES string of the molecule is O=C1C(Nc2ccc(Cl)cc2)=C(Cl)C(=O)c2sc(CO)cc21. The van der Waals surface area contributed by atoms with Crippen molar-refractivity contribution in [2.75, 3.05) is 5.32 Å². The lowest BCUT2D eigenvalue weighted by molar-refractivity contribution is 0.0985. The minimum absolute atomic E-state index is 0.0313. The van der Waals surface area contributed by atoms with Crippen molar-refractivity contribution in [2.45, 2.75) is 6.61 Å². The zero-order valence-electron chi connectivity index (χ0n) is 11.0. The first-order valence-corrected chi connectivity index (χ1v) is 7.84. The van der Waals surface area contributed by atoms with Crippen LogP contribution in [0, 0.1) is 0 Å². The molecular formula is C15H9Cl2NO3S. The summed E-state index contributed by atoms with van der Waals surface area (Å²) in [6, 6.07) is 8.20. The molecule has 0 saturated carbocycles. The van der Waals surface area contributed by atoms with E-state index in [-0.39, 0.29) is 33.6 Å². The molecule has 1 aliphatic carbocycles. The Morgan fingerprint density at radius 3 is 2.41 bits per heavy atom. The molecule has 0 fully saturated rings. The number of hydrogen-bond donors (Lipinski definition) is 2. The Bertz CT molecular complexity index is 809. The smallest absolute Gasteiger partial charge is 0.217 e. The van der Waals surface area contributed by atoms with Crippen molar-refractivity contribution in [2.24, 2.45) is 0 Å². The maximum Gasteiger partial charge on any atom is 0.217 e. The molecule has 0 amide bonds. The van der Waals surface area contributed by atoms with Gasteiger partial charge in [0.2, 0.25) is 11.6 Å². The second-order valence-corrected chi connectivity index (χ2v) is 6.54. The number of fused-ring (bicyclic) bond motifs is 1. The van der Waals surface area contributed by atoms with Gasteiger partial charge in [-0.05, 0) is 30.3 Å². The quantitative estimate of drug-likeness (QED) is 0.879. The van der Waals surface area contributed by atoms with Crippen LogP contribution in [0.2, 0.25) is 5.02 Å². The van der Waals surface area contributed by atoms with E-state index in [1.165, 1.54) is 6.07 Å². The number of ketones is 2. The number of nitrogens with one attached hydrogen (secondary N) is 1. The Kier molecular flexibility index (Phi) is 4.06. The van der Waals surface area contributed by atoms with Crippen molar-refractivity contribution in [3.8, 4) is 0 Å². The van der Waals surface area contributed by atoms with E-state index in [2.05, 4.69) is 5.32 Å². The highest BCUT2D eigenvalue weighted by molar-refractivity contribution is 7.15. The summed E-state index contributed by atoms with van der Waals surface area (Å²) in [7, 11) is 0. The number of aliphatic hydroxyl groups excluding tert-OH is 1. The molecule has 1 heterocycles. The predicted octanol–water partition coefficient (Wildman–Crippen LogP) is 3.84. The number of allylic oxidation sites excluding steroid dienone is 2. The Labute approximate surface area is 140 Å². The zero-order valence-corrected chi connectivity index (χ0v) is 13.4. The van der Waals surface area contributed by atoms with Gasteiger partial charge in [-0.2, -0.15) is 0 Å². The third-order valence-electron chi connectivity index (χ3n) is 3.15. The molecule has 1 aliphatic rings. The van der Waals surface area contributed by atoms with Gasteiger partial charge < -0.3 is 10.4 Å². The first-order valence-electron chi connectivity index (χ1n) is 6.26. The van der Waals surface area contributed by atoms with Gasteiger partial charge in [0.1, 0.15) is 10.7 Å². The standard InChI is InChI=1S/C15H9Cl2NO3S/c16-7-1-3-8(4-2-7)18-12-11(17)14(21)15-10(13(12)20)5-9(6-19)22-15/h1-5,18-19H,6H2. The number of hydrogen-bond acceptors (Lipinski definition) is 5. The summed E-state index contributed by atoms with van der Waals surface area (Å²) in [5.74, 6) is -0.789. The van der Waals surface area contributed by atoms with Gasteiger partial charge in [0.05, 0.1) is 11.5 Å². The van der Waals surface area contributed by atoms with E-state index in [1.807, 2.05) is 0 Å². The van der Waals surface area contributed by atoms with Gasteiger partial charge in [-0.25, -0.2) is 0 Å². The number of thiophene rings is 1. The van der Waals surface area contributed by atoms with E-state index in [0.717, 1.165) is 11.3 Å². The number of halogens is 2. The molecule has 0 aliphatic heterocycles. The Hall–Kier alpha value is -1.66. The predicted molar refractivity (Wildman–Crippen MR) is 86.9 cm³/mol. The number of benzene rings is 1. The molecule has 1 aromatic carbocycles. The number of rotatable bonds is 3. The van der Waals surface area contributed by atoms with E-state index in [4.69, 9.17) is 28.3 Å². The minimum atomic E-state index is -0.419. The molecule has 2 aromatic rings. The monoisotopic (exact) mass is 353 g/mol. The molecule has 0 radical (unpaired) electrons. The van der Waals surface area contributed by atoms with Crippen molar-refractivity contribution in [3.63, 3.8) is 0 Å². The zero-order chi connectivity index (χ0) is 15.9. The van der Waals surface area contributed by atoms with E-state index in [9.17, 15) is 9.59 Å². The lowest BCUT2D eigenvalue weighted by Crippen LogP contribution is -2.22. The van der Waals surface area contributed by atoms with E-state index in [0.29, 0.717) is 15.6 Å². The summed E-state index contributed by atoms with van der Waals surface area (Å²) in [6.45, 7) is -0.226. The van der Waals surface area contributed by atoms with Crippen molar-refractivity contribution in [3.05, 3.63) is 61.4 Å². The maximum absolute atomic E-state index is 12.5. The van der Waals surface area contributed by atoms with Gasteiger partial charge in [0.15, 0.2) is 0 Å². The highest BCUT2D eigenvalue weighted by Gasteiger charge is 2.33. The van der Waals surface area contributed by atoms with Crippen LogP contribution in [0.3, 0.4) is 0 Å². The fraction of sp³-hybridized carbons (Fsp3) is 0.0667. The van der Waals surface area contributed by atoms with Crippen LogP contribution in [0.25, 0.3) is 0 Å². The van der Waals surface area contributed by atoms with E-state index >= 15 is 0 Å². The molecule has 3 rings (SSSR count). The first kappa shape index (κ1) is 15.2. The van der Waals surface area contributed by atoms with Gasteiger partial charge in [-0.3, -0.25) is 9.59 Å². The van der Waals surface area contributed by atoms with Gasteiger partial charge in [0.25, 0.3) is 0 Å². The van der Waals surface area contributed by atoms with Crippen LogP contribution in [0.15, 0.2) is 41.1 Å². The number of anilines is 1. The van der Waals surface area contributed by atoms with Gasteiger partial charge in [0, 0.05) is 21.2 Å². The second-order valence-electron chi connectivity index (χ2n) is 4.59. The van der Waals surface area contributed by atoms with Crippen LogP contribution in [-0.2, 0) is 6.61 Å². The molecule has 0 spiro atoms. The Morgan fingerprint density at radius 1 is 1.09 bits per heavy atom. The van der Waals surface area contributed by atoms with Crippen LogP contribution in [0.1, 0.15) is 24.9 Å². The molecule has 0 saturated heterocycles. The molecule has 0 atom stereocenters. The fourth-order valence-electron chi connectivity index (χ4n) is 2.09. The average molecular weight is 354 g/mol. The molecule has 4 nitrogen and oxygen atoms in total. The number of carbonyl (C=O) groups excluding carboxylic acids is 2. The van der Waals surface area contributed by atoms with Gasteiger partial charge in [-0.15, -0.1) is 11.3 Å². The first-order chi connectivity index (χ1) is 10.5. The summed E-state index contributed by atoms with van der Waals surface area (Å²) in [6.07, 6.45) is 0. The normalized spacial score (nSPS) is 14.3. The number of aliphatic hydroxyl groups is 1. The van der Waals surface area contributed by atoms with Crippen molar-refractivity contribution in [1.82, 2.24) is 0 Å². The fourth-order valence-corrected chi connectivity index (χ4v) is 3.46. The molecule has 22 heavy (non-hydrogen) atoms. The Balaban J connectivity index is 2.00. The lowest BCUT2D eigenvalue weighted by atomic mass is 9.99. The third kappa shape index (κ3) is 2.57. The van der Waals surface area contributed by atoms with Crippen LogP contribution < -0.4 is 5.32 Å². The van der Waals surface area contributed by atoms with Crippen LogP contribution in [0.5, 0.6) is 0 Å². The van der Waals surface area contributed by atoms with E-state index < -0.39 is 5.78 Å².